The second-order valence-corrected chi connectivity index (χ2v) is 5.16. The lowest BCUT2D eigenvalue weighted by molar-refractivity contribution is 0.102. The van der Waals surface area contributed by atoms with Crippen molar-refractivity contribution >= 4 is 17.3 Å². The zero-order valence-corrected chi connectivity index (χ0v) is 12.4. The van der Waals surface area contributed by atoms with Gasteiger partial charge >= 0.3 is 0 Å². The Balaban J connectivity index is 2.31. The predicted octanol–water partition coefficient (Wildman–Crippen LogP) is 3.30. The topological polar surface area (TPSA) is 52.6 Å². The molecule has 0 bridgehead atoms. The van der Waals surface area contributed by atoms with Gasteiger partial charge in [-0.3, -0.25) is 4.79 Å². The first-order chi connectivity index (χ1) is 10.3. The van der Waals surface area contributed by atoms with Crippen molar-refractivity contribution in [3.63, 3.8) is 0 Å². The van der Waals surface area contributed by atoms with Gasteiger partial charge in [0.1, 0.15) is 11.4 Å². The summed E-state index contributed by atoms with van der Waals surface area (Å²) in [7, 11) is 3.04. The number of nitrogens with zero attached hydrogens (tertiary/aromatic N) is 1. The number of carbonyl (C=O) groups excluding carboxylic acids is 1. The van der Waals surface area contributed by atoms with E-state index in [0.29, 0.717) is 0 Å². The molecule has 2 N–H and O–H groups in total. The van der Waals surface area contributed by atoms with Crippen LogP contribution in [0.4, 0.5) is 20.2 Å². The van der Waals surface area contributed by atoms with E-state index in [1.54, 1.807) is 13.0 Å². The Morgan fingerprint density at radius 2 is 1.73 bits per heavy atom. The van der Waals surface area contributed by atoms with Gasteiger partial charge in [0.15, 0.2) is 11.6 Å². The van der Waals surface area contributed by atoms with Crippen molar-refractivity contribution in [3.05, 3.63) is 53.1 Å². The van der Waals surface area contributed by atoms with Gasteiger partial charge in [-0.1, -0.05) is 11.6 Å². The molecule has 0 unspecified atom stereocenters. The van der Waals surface area contributed by atoms with E-state index < -0.39 is 17.5 Å². The first-order valence-corrected chi connectivity index (χ1v) is 6.57. The van der Waals surface area contributed by atoms with E-state index in [2.05, 4.69) is 5.32 Å². The largest absolute Gasteiger partial charge is 0.507 e. The van der Waals surface area contributed by atoms with Crippen molar-refractivity contribution in [1.82, 2.24) is 0 Å². The van der Waals surface area contributed by atoms with Crippen LogP contribution in [0.5, 0.6) is 5.75 Å². The van der Waals surface area contributed by atoms with Crippen LogP contribution in [0.15, 0.2) is 30.3 Å². The predicted molar refractivity (Wildman–Crippen MR) is 81.5 cm³/mol. The molecule has 0 aliphatic rings. The Bertz CT molecular complexity index is 707. The molecule has 0 aliphatic heterocycles. The van der Waals surface area contributed by atoms with Gasteiger partial charge in [0.05, 0.1) is 5.56 Å². The summed E-state index contributed by atoms with van der Waals surface area (Å²) in [4.78, 5) is 13.4. The van der Waals surface area contributed by atoms with E-state index in [1.165, 1.54) is 31.1 Å². The lowest BCUT2D eigenvalue weighted by Crippen LogP contribution is -2.15. The average Bonchev–Trinajstić information content (AvgIpc) is 2.40. The maximum Gasteiger partial charge on any atom is 0.259 e. The van der Waals surface area contributed by atoms with E-state index in [1.807, 2.05) is 0 Å². The van der Waals surface area contributed by atoms with Gasteiger partial charge in [-0.15, -0.1) is 0 Å². The summed E-state index contributed by atoms with van der Waals surface area (Å²) >= 11 is 0. The standard InChI is InChI=1S/C16H16F2N2O2/c1-9-4-5-14(21)11(6-9)16(22)19-10-7-12(17)15(20(2)3)13(18)8-10/h4-8,21H,1-3H3,(H,19,22). The van der Waals surface area contributed by atoms with E-state index in [-0.39, 0.29) is 22.7 Å². The normalized spacial score (nSPS) is 10.4. The fourth-order valence-electron chi connectivity index (χ4n) is 2.10. The highest BCUT2D eigenvalue weighted by molar-refractivity contribution is 6.06. The van der Waals surface area contributed by atoms with Crippen LogP contribution < -0.4 is 10.2 Å². The minimum Gasteiger partial charge on any atom is -0.507 e. The maximum absolute atomic E-state index is 13.9. The summed E-state index contributed by atoms with van der Waals surface area (Å²) in [6.45, 7) is 1.77. The third kappa shape index (κ3) is 3.16. The number of halogens is 2. The summed E-state index contributed by atoms with van der Waals surface area (Å²) < 4.78 is 27.8. The number of nitrogens with one attached hydrogen (secondary N) is 1. The molecule has 4 nitrogen and oxygen atoms in total. The first kappa shape index (κ1) is 15.8. The number of benzene rings is 2. The number of rotatable bonds is 3. The van der Waals surface area contributed by atoms with E-state index in [4.69, 9.17) is 0 Å². The molecule has 0 saturated heterocycles. The third-order valence-electron chi connectivity index (χ3n) is 3.12. The number of aryl methyl sites for hydroxylation is 1. The van der Waals surface area contributed by atoms with Crippen molar-refractivity contribution in [3.8, 4) is 5.75 Å². The van der Waals surface area contributed by atoms with Gasteiger partial charge in [0, 0.05) is 19.8 Å². The maximum atomic E-state index is 13.9. The molecule has 1 amide bonds. The Morgan fingerprint density at radius 1 is 1.14 bits per heavy atom. The molecule has 0 spiro atoms. The monoisotopic (exact) mass is 306 g/mol. The minimum absolute atomic E-state index is 0.0218. The molecule has 116 valence electrons. The van der Waals surface area contributed by atoms with Gasteiger partial charge in [-0.05, 0) is 31.2 Å². The summed E-state index contributed by atoms with van der Waals surface area (Å²) in [6.07, 6.45) is 0. The van der Waals surface area contributed by atoms with Gasteiger partial charge in [-0.25, -0.2) is 8.78 Å². The summed E-state index contributed by atoms with van der Waals surface area (Å²) in [6, 6.07) is 6.59. The fourth-order valence-corrected chi connectivity index (χ4v) is 2.10. The summed E-state index contributed by atoms with van der Waals surface area (Å²) in [5, 5.41) is 12.1. The van der Waals surface area contributed by atoms with Crippen molar-refractivity contribution < 1.29 is 18.7 Å². The molecule has 2 aromatic rings. The van der Waals surface area contributed by atoms with Gasteiger partial charge < -0.3 is 15.3 Å². The molecule has 6 heteroatoms. The number of amides is 1. The highest BCUT2D eigenvalue weighted by atomic mass is 19.1. The van der Waals surface area contributed by atoms with Crippen molar-refractivity contribution in [2.24, 2.45) is 0 Å². The zero-order valence-electron chi connectivity index (χ0n) is 12.4. The number of carbonyl (C=O) groups is 1. The van der Waals surface area contributed by atoms with Crippen LogP contribution >= 0.6 is 0 Å². The van der Waals surface area contributed by atoms with Crippen molar-refractivity contribution in [1.29, 1.82) is 0 Å². The van der Waals surface area contributed by atoms with E-state index in [9.17, 15) is 18.7 Å². The average molecular weight is 306 g/mol. The highest BCUT2D eigenvalue weighted by Crippen LogP contribution is 2.26. The van der Waals surface area contributed by atoms with Crippen LogP contribution in [0, 0.1) is 18.6 Å². The second kappa shape index (κ2) is 6.01. The van der Waals surface area contributed by atoms with Crippen molar-refractivity contribution in [2.75, 3.05) is 24.3 Å². The van der Waals surface area contributed by atoms with Gasteiger partial charge in [-0.2, -0.15) is 0 Å². The fraction of sp³-hybridized carbons (Fsp3) is 0.188. The number of aromatic hydroxyl groups is 1. The Morgan fingerprint density at radius 3 is 2.27 bits per heavy atom. The van der Waals surface area contributed by atoms with E-state index in [0.717, 1.165) is 17.7 Å². The quantitative estimate of drug-likeness (QED) is 0.915. The SMILES string of the molecule is Cc1ccc(O)c(C(=O)Nc2cc(F)c(N(C)C)c(F)c2)c1. The molecule has 0 saturated carbocycles. The van der Waals surface area contributed by atoms with Crippen LogP contribution in [-0.4, -0.2) is 25.1 Å². The van der Waals surface area contributed by atoms with E-state index >= 15 is 0 Å². The molecule has 0 heterocycles. The van der Waals surface area contributed by atoms with Crippen LogP contribution in [0.2, 0.25) is 0 Å². The number of hydrogen-bond donors (Lipinski definition) is 2. The second-order valence-electron chi connectivity index (χ2n) is 5.16. The van der Waals surface area contributed by atoms with Crippen LogP contribution in [0.25, 0.3) is 0 Å². The summed E-state index contributed by atoms with van der Waals surface area (Å²) in [5.41, 5.74) is 0.615. The molecule has 0 fully saturated rings. The number of anilines is 2. The smallest absolute Gasteiger partial charge is 0.259 e. The molecule has 2 aromatic carbocycles. The third-order valence-corrected chi connectivity index (χ3v) is 3.12. The number of hydrogen-bond acceptors (Lipinski definition) is 3. The molecule has 0 atom stereocenters. The van der Waals surface area contributed by atoms with Crippen molar-refractivity contribution in [2.45, 2.75) is 6.92 Å². The summed E-state index contributed by atoms with van der Waals surface area (Å²) in [5.74, 6) is -2.41. The molecular formula is C16H16F2N2O2. The molecule has 0 aromatic heterocycles. The molecule has 0 radical (unpaired) electrons. The van der Waals surface area contributed by atoms with Gasteiger partial charge in [0.2, 0.25) is 0 Å². The van der Waals surface area contributed by atoms with Crippen LogP contribution in [0.3, 0.4) is 0 Å². The molecular weight excluding hydrogens is 290 g/mol. The first-order valence-electron chi connectivity index (χ1n) is 6.57. The molecule has 22 heavy (non-hydrogen) atoms. The number of phenolic OH excluding ortho intramolecular Hbond substituents is 1. The zero-order chi connectivity index (χ0) is 16.4. The minimum atomic E-state index is -0.784. The van der Waals surface area contributed by atoms with Crippen LogP contribution in [-0.2, 0) is 0 Å². The number of phenols is 1. The Labute approximate surface area is 127 Å². The Kier molecular flexibility index (Phi) is 4.30. The van der Waals surface area contributed by atoms with Gasteiger partial charge in [0.25, 0.3) is 5.91 Å². The molecule has 2 rings (SSSR count). The lowest BCUT2D eigenvalue weighted by atomic mass is 10.1. The Hall–Kier alpha value is -2.63. The molecule has 0 aliphatic carbocycles. The van der Waals surface area contributed by atoms with Crippen LogP contribution in [0.1, 0.15) is 15.9 Å². The lowest BCUT2D eigenvalue weighted by Gasteiger charge is -2.16. The highest BCUT2D eigenvalue weighted by Gasteiger charge is 2.16.